The molecule has 0 fully saturated rings. The van der Waals surface area contributed by atoms with E-state index >= 15 is 0 Å². The third kappa shape index (κ3) is 4.01. The number of nitrogens with two attached hydrogens (primary N) is 1. The number of amides is 1. The van der Waals surface area contributed by atoms with E-state index < -0.39 is 0 Å². The Bertz CT molecular complexity index is 298. The highest BCUT2D eigenvalue weighted by molar-refractivity contribution is 7.07. The van der Waals surface area contributed by atoms with E-state index in [1.54, 1.807) is 11.3 Å². The molecule has 15 heavy (non-hydrogen) atoms. The van der Waals surface area contributed by atoms with Gasteiger partial charge in [0.05, 0.1) is 6.04 Å². The maximum atomic E-state index is 11.5. The zero-order valence-corrected chi connectivity index (χ0v) is 10.0. The van der Waals surface area contributed by atoms with Gasteiger partial charge in [-0.25, -0.2) is 0 Å². The van der Waals surface area contributed by atoms with Crippen LogP contribution in [0.3, 0.4) is 0 Å². The zero-order valence-electron chi connectivity index (χ0n) is 9.19. The van der Waals surface area contributed by atoms with Crippen molar-refractivity contribution in [3.8, 4) is 0 Å². The minimum atomic E-state index is -0.380. The molecule has 0 aliphatic rings. The van der Waals surface area contributed by atoms with Crippen LogP contribution in [0.4, 0.5) is 0 Å². The van der Waals surface area contributed by atoms with Gasteiger partial charge in [0.1, 0.15) is 0 Å². The zero-order chi connectivity index (χ0) is 11.3. The van der Waals surface area contributed by atoms with Crippen molar-refractivity contribution in [2.75, 3.05) is 0 Å². The van der Waals surface area contributed by atoms with Crippen molar-refractivity contribution >= 4 is 17.2 Å². The first-order chi connectivity index (χ1) is 7.13. The monoisotopic (exact) mass is 226 g/mol. The molecule has 3 N–H and O–H groups in total. The van der Waals surface area contributed by atoms with E-state index in [1.165, 1.54) is 5.56 Å². The number of rotatable bonds is 5. The van der Waals surface area contributed by atoms with E-state index in [0.29, 0.717) is 6.42 Å². The molecule has 0 saturated heterocycles. The van der Waals surface area contributed by atoms with Crippen LogP contribution in [0.2, 0.25) is 0 Å². The molecule has 1 heterocycles. The molecule has 0 aromatic carbocycles. The van der Waals surface area contributed by atoms with E-state index in [2.05, 4.69) is 16.8 Å². The van der Waals surface area contributed by atoms with E-state index in [9.17, 15) is 4.79 Å². The number of thiophene rings is 1. The number of carbonyl (C=O) groups excluding carboxylic acids is 1. The standard InChI is InChI=1S/C11H18N2OS/c1-3-10(12)11(14)13-8(2)6-9-4-5-15-7-9/h4-5,7-8,10H,3,6,12H2,1-2H3,(H,13,14)/t8?,10-/m1/s1. The van der Waals surface area contributed by atoms with Crippen LogP contribution in [0.15, 0.2) is 16.8 Å². The SMILES string of the molecule is CC[C@@H](N)C(=O)NC(C)Cc1ccsc1. The summed E-state index contributed by atoms with van der Waals surface area (Å²) in [4.78, 5) is 11.5. The van der Waals surface area contributed by atoms with Crippen molar-refractivity contribution in [3.05, 3.63) is 22.4 Å². The summed E-state index contributed by atoms with van der Waals surface area (Å²) in [5.41, 5.74) is 6.89. The number of hydrogen-bond acceptors (Lipinski definition) is 3. The van der Waals surface area contributed by atoms with Crippen LogP contribution in [0.1, 0.15) is 25.8 Å². The van der Waals surface area contributed by atoms with Crippen LogP contribution in [0, 0.1) is 0 Å². The molecule has 2 atom stereocenters. The summed E-state index contributed by atoms with van der Waals surface area (Å²) >= 11 is 1.67. The summed E-state index contributed by atoms with van der Waals surface area (Å²) in [6.07, 6.45) is 1.54. The average molecular weight is 226 g/mol. The summed E-state index contributed by atoms with van der Waals surface area (Å²) in [7, 11) is 0. The van der Waals surface area contributed by atoms with Gasteiger partial charge in [0.15, 0.2) is 0 Å². The average Bonchev–Trinajstić information content (AvgIpc) is 2.68. The lowest BCUT2D eigenvalue weighted by Gasteiger charge is -2.16. The maximum absolute atomic E-state index is 11.5. The van der Waals surface area contributed by atoms with E-state index in [4.69, 9.17) is 5.73 Å². The topological polar surface area (TPSA) is 55.1 Å². The molecule has 1 amide bonds. The van der Waals surface area contributed by atoms with Crippen molar-refractivity contribution in [3.63, 3.8) is 0 Å². The fraction of sp³-hybridized carbons (Fsp3) is 0.545. The second-order valence-electron chi connectivity index (χ2n) is 3.76. The van der Waals surface area contributed by atoms with Crippen LogP contribution < -0.4 is 11.1 Å². The third-order valence-corrected chi connectivity index (χ3v) is 3.02. The van der Waals surface area contributed by atoms with Gasteiger partial charge < -0.3 is 11.1 Å². The number of carbonyl (C=O) groups is 1. The Hall–Kier alpha value is -0.870. The van der Waals surface area contributed by atoms with Gasteiger partial charge in [-0.15, -0.1) is 0 Å². The molecule has 0 aliphatic heterocycles. The van der Waals surface area contributed by atoms with E-state index in [-0.39, 0.29) is 18.0 Å². The number of hydrogen-bond donors (Lipinski definition) is 2. The maximum Gasteiger partial charge on any atom is 0.237 e. The summed E-state index contributed by atoms with van der Waals surface area (Å²) < 4.78 is 0. The Morgan fingerprint density at radius 3 is 2.93 bits per heavy atom. The lowest BCUT2D eigenvalue weighted by Crippen LogP contribution is -2.44. The predicted molar refractivity (Wildman–Crippen MR) is 63.9 cm³/mol. The highest BCUT2D eigenvalue weighted by Crippen LogP contribution is 2.08. The van der Waals surface area contributed by atoms with Crippen molar-refractivity contribution < 1.29 is 4.79 Å². The Kier molecular flexibility index (Phi) is 4.78. The van der Waals surface area contributed by atoms with E-state index in [1.807, 2.05) is 19.2 Å². The normalized spacial score (nSPS) is 14.6. The van der Waals surface area contributed by atoms with Crippen molar-refractivity contribution in [2.45, 2.75) is 38.8 Å². The van der Waals surface area contributed by atoms with Gasteiger partial charge in [-0.3, -0.25) is 4.79 Å². The number of nitrogens with one attached hydrogen (secondary N) is 1. The largest absolute Gasteiger partial charge is 0.352 e. The molecule has 0 saturated carbocycles. The lowest BCUT2D eigenvalue weighted by atomic mass is 10.1. The lowest BCUT2D eigenvalue weighted by molar-refractivity contribution is -0.123. The smallest absolute Gasteiger partial charge is 0.237 e. The van der Waals surface area contributed by atoms with Gasteiger partial charge in [0.2, 0.25) is 5.91 Å². The van der Waals surface area contributed by atoms with Gasteiger partial charge in [-0.05, 0) is 42.2 Å². The van der Waals surface area contributed by atoms with Crippen molar-refractivity contribution in [1.82, 2.24) is 5.32 Å². The molecule has 3 nitrogen and oxygen atoms in total. The Balaban J connectivity index is 2.36. The molecule has 0 radical (unpaired) electrons. The van der Waals surface area contributed by atoms with Crippen molar-refractivity contribution in [1.29, 1.82) is 0 Å². The molecule has 4 heteroatoms. The fourth-order valence-corrected chi connectivity index (χ4v) is 2.03. The highest BCUT2D eigenvalue weighted by Gasteiger charge is 2.13. The van der Waals surface area contributed by atoms with Crippen LogP contribution in [-0.2, 0) is 11.2 Å². The molecule has 0 aliphatic carbocycles. The minimum Gasteiger partial charge on any atom is -0.352 e. The first-order valence-electron chi connectivity index (χ1n) is 5.20. The first kappa shape index (κ1) is 12.2. The first-order valence-corrected chi connectivity index (χ1v) is 6.14. The van der Waals surface area contributed by atoms with Crippen LogP contribution in [0.5, 0.6) is 0 Å². The molecule has 0 bridgehead atoms. The molecule has 84 valence electrons. The summed E-state index contributed by atoms with van der Waals surface area (Å²) in [6, 6.07) is 1.84. The van der Waals surface area contributed by atoms with Crippen LogP contribution in [-0.4, -0.2) is 18.0 Å². The minimum absolute atomic E-state index is 0.0553. The highest BCUT2D eigenvalue weighted by atomic mass is 32.1. The van der Waals surface area contributed by atoms with Crippen LogP contribution in [0.25, 0.3) is 0 Å². The molecule has 1 unspecified atom stereocenters. The predicted octanol–water partition coefficient (Wildman–Crippen LogP) is 1.53. The Morgan fingerprint density at radius 2 is 2.40 bits per heavy atom. The molecule has 1 aromatic heterocycles. The molecule has 1 aromatic rings. The molecular weight excluding hydrogens is 208 g/mol. The van der Waals surface area contributed by atoms with Crippen molar-refractivity contribution in [2.24, 2.45) is 5.73 Å². The summed E-state index contributed by atoms with van der Waals surface area (Å²) in [6.45, 7) is 3.91. The van der Waals surface area contributed by atoms with Gasteiger partial charge in [0.25, 0.3) is 0 Å². The van der Waals surface area contributed by atoms with Crippen LogP contribution >= 0.6 is 11.3 Å². The fourth-order valence-electron chi connectivity index (χ4n) is 1.35. The molecule has 1 rings (SSSR count). The van der Waals surface area contributed by atoms with Gasteiger partial charge in [-0.1, -0.05) is 6.92 Å². The second kappa shape index (κ2) is 5.88. The summed E-state index contributed by atoms with van der Waals surface area (Å²) in [5, 5.41) is 7.05. The quantitative estimate of drug-likeness (QED) is 0.800. The third-order valence-electron chi connectivity index (χ3n) is 2.29. The van der Waals surface area contributed by atoms with Gasteiger partial charge >= 0.3 is 0 Å². The van der Waals surface area contributed by atoms with Gasteiger partial charge in [0, 0.05) is 6.04 Å². The van der Waals surface area contributed by atoms with Gasteiger partial charge in [-0.2, -0.15) is 11.3 Å². The van der Waals surface area contributed by atoms with E-state index in [0.717, 1.165) is 6.42 Å². The summed E-state index contributed by atoms with van der Waals surface area (Å²) in [5.74, 6) is -0.0553. The molecular formula is C11H18N2OS. The second-order valence-corrected chi connectivity index (χ2v) is 4.54. The Labute approximate surface area is 94.7 Å². The Morgan fingerprint density at radius 1 is 1.67 bits per heavy atom. The molecule has 0 spiro atoms.